The third-order valence-corrected chi connectivity index (χ3v) is 1.47. The molecule has 6 nitrogen and oxygen atoms in total. The molecule has 1 rings (SSSR count). The van der Waals surface area contributed by atoms with Gasteiger partial charge >= 0.3 is 11.5 Å². The summed E-state index contributed by atoms with van der Waals surface area (Å²) in [5.74, 6) is -0.952. The molecule has 0 aliphatic heterocycles. The second-order valence-electron chi connectivity index (χ2n) is 2.51. The highest BCUT2D eigenvalue weighted by Crippen LogP contribution is 1.92. The van der Waals surface area contributed by atoms with Crippen LogP contribution in [0.15, 0.2) is 15.7 Å². The summed E-state index contributed by atoms with van der Waals surface area (Å²) in [5, 5.41) is 12.9. The largest absolute Gasteiger partial charge is 0.481 e. The molecule has 0 spiro atoms. The van der Waals surface area contributed by atoms with Gasteiger partial charge in [0.15, 0.2) is 0 Å². The summed E-state index contributed by atoms with van der Waals surface area (Å²) in [5.41, 5.74) is -0.995. The van der Waals surface area contributed by atoms with Crippen LogP contribution in [0.1, 0.15) is 12.1 Å². The van der Waals surface area contributed by atoms with Gasteiger partial charge in [0.05, 0.1) is 6.42 Å². The van der Waals surface area contributed by atoms with Crippen molar-refractivity contribution in [2.45, 2.75) is 12.8 Å². The first-order chi connectivity index (χ1) is 6.09. The SMILES string of the molecule is O=C(O)CCc1cc(=O)c(=O)[nH][nH]1. The zero-order valence-electron chi connectivity index (χ0n) is 6.66. The number of aromatic amines is 2. The van der Waals surface area contributed by atoms with Gasteiger partial charge in [-0.05, 0) is 6.42 Å². The summed E-state index contributed by atoms with van der Waals surface area (Å²) in [6.07, 6.45) is 0.114. The van der Waals surface area contributed by atoms with E-state index in [9.17, 15) is 14.4 Å². The first-order valence-electron chi connectivity index (χ1n) is 3.62. The maximum absolute atomic E-state index is 10.8. The molecule has 1 aromatic heterocycles. The first kappa shape index (κ1) is 9.24. The smallest absolute Gasteiger partial charge is 0.310 e. The molecular weight excluding hydrogens is 176 g/mol. The molecule has 13 heavy (non-hydrogen) atoms. The lowest BCUT2D eigenvalue weighted by atomic mass is 10.2. The normalized spacial score (nSPS) is 9.85. The van der Waals surface area contributed by atoms with Crippen LogP contribution in [0.4, 0.5) is 0 Å². The number of carbonyl (C=O) groups is 1. The summed E-state index contributed by atoms with van der Waals surface area (Å²) >= 11 is 0. The van der Waals surface area contributed by atoms with Crippen LogP contribution in [0.2, 0.25) is 0 Å². The van der Waals surface area contributed by atoms with Gasteiger partial charge in [0.1, 0.15) is 0 Å². The lowest BCUT2D eigenvalue weighted by Gasteiger charge is -1.96. The van der Waals surface area contributed by atoms with Crippen LogP contribution in [0.25, 0.3) is 0 Å². The van der Waals surface area contributed by atoms with Gasteiger partial charge < -0.3 is 10.2 Å². The predicted molar refractivity (Wildman–Crippen MR) is 43.6 cm³/mol. The number of nitrogens with one attached hydrogen (secondary N) is 2. The molecular formula is C7H8N2O4. The summed E-state index contributed by atoms with van der Waals surface area (Å²) < 4.78 is 0. The number of H-pyrrole nitrogens is 2. The maximum Gasteiger partial charge on any atom is 0.310 e. The third kappa shape index (κ3) is 2.58. The molecule has 1 aromatic rings. The van der Waals surface area contributed by atoms with Crippen LogP contribution in [0, 0.1) is 0 Å². The van der Waals surface area contributed by atoms with Crippen molar-refractivity contribution >= 4 is 5.97 Å². The van der Waals surface area contributed by atoms with Crippen molar-refractivity contribution in [3.05, 3.63) is 32.3 Å². The minimum absolute atomic E-state index is 0.0814. The Morgan fingerprint density at radius 3 is 2.62 bits per heavy atom. The van der Waals surface area contributed by atoms with E-state index < -0.39 is 17.0 Å². The van der Waals surface area contributed by atoms with Crippen LogP contribution in [-0.2, 0) is 11.2 Å². The topological polar surface area (TPSA) is 103 Å². The van der Waals surface area contributed by atoms with E-state index in [4.69, 9.17) is 5.11 Å². The quantitative estimate of drug-likeness (QED) is 0.528. The Morgan fingerprint density at radius 2 is 2.08 bits per heavy atom. The Bertz CT molecular complexity index is 417. The fourth-order valence-corrected chi connectivity index (χ4v) is 0.835. The van der Waals surface area contributed by atoms with Gasteiger partial charge in [0, 0.05) is 11.8 Å². The molecule has 0 aliphatic rings. The van der Waals surface area contributed by atoms with Gasteiger partial charge in [-0.1, -0.05) is 0 Å². The predicted octanol–water partition coefficient (Wildman–Crippen LogP) is -0.920. The van der Waals surface area contributed by atoms with Gasteiger partial charge in [-0.15, -0.1) is 0 Å². The van der Waals surface area contributed by atoms with Crippen molar-refractivity contribution in [1.29, 1.82) is 0 Å². The Labute approximate surface area is 72.2 Å². The van der Waals surface area contributed by atoms with Crippen molar-refractivity contribution < 1.29 is 9.90 Å². The van der Waals surface area contributed by atoms with Crippen molar-refractivity contribution in [3.63, 3.8) is 0 Å². The van der Waals surface area contributed by atoms with Crippen molar-refractivity contribution in [2.24, 2.45) is 0 Å². The first-order valence-corrected chi connectivity index (χ1v) is 3.62. The number of aryl methyl sites for hydroxylation is 1. The standard InChI is InChI=1S/C7H8N2O4/c10-5-3-4(1-2-6(11)12)8-9-7(5)13/h3H,1-2H2,(H,8,10)(H,9,13)(H,11,12). The maximum atomic E-state index is 10.8. The van der Waals surface area contributed by atoms with E-state index in [-0.39, 0.29) is 12.8 Å². The van der Waals surface area contributed by atoms with Crippen LogP contribution >= 0.6 is 0 Å². The zero-order valence-corrected chi connectivity index (χ0v) is 6.66. The Hall–Kier alpha value is -1.85. The molecule has 0 fully saturated rings. The van der Waals surface area contributed by atoms with Crippen LogP contribution < -0.4 is 11.0 Å². The molecule has 0 aromatic carbocycles. The number of aromatic nitrogens is 2. The third-order valence-electron chi connectivity index (χ3n) is 1.47. The minimum Gasteiger partial charge on any atom is -0.481 e. The van der Waals surface area contributed by atoms with Crippen LogP contribution in [-0.4, -0.2) is 21.3 Å². The van der Waals surface area contributed by atoms with Crippen molar-refractivity contribution in [1.82, 2.24) is 10.2 Å². The highest BCUT2D eigenvalue weighted by Gasteiger charge is 2.01. The number of carboxylic acid groups (broad SMARTS) is 1. The molecule has 0 aliphatic carbocycles. The summed E-state index contributed by atoms with van der Waals surface area (Å²) in [4.78, 5) is 31.5. The summed E-state index contributed by atoms with van der Waals surface area (Å²) in [7, 11) is 0. The van der Waals surface area contributed by atoms with E-state index in [0.717, 1.165) is 6.07 Å². The summed E-state index contributed by atoms with van der Waals surface area (Å²) in [6, 6.07) is 1.10. The number of hydrogen-bond donors (Lipinski definition) is 3. The van der Waals surface area contributed by atoms with E-state index in [1.807, 2.05) is 0 Å². The second kappa shape index (κ2) is 3.70. The second-order valence-corrected chi connectivity index (χ2v) is 2.51. The van der Waals surface area contributed by atoms with Crippen LogP contribution in [0.3, 0.4) is 0 Å². The van der Waals surface area contributed by atoms with E-state index in [0.29, 0.717) is 5.69 Å². The fourth-order valence-electron chi connectivity index (χ4n) is 0.835. The van der Waals surface area contributed by atoms with Crippen molar-refractivity contribution in [2.75, 3.05) is 0 Å². The van der Waals surface area contributed by atoms with E-state index >= 15 is 0 Å². The average Bonchev–Trinajstić information content (AvgIpc) is 2.07. The number of aliphatic carboxylic acids is 1. The van der Waals surface area contributed by atoms with Gasteiger partial charge in [0.25, 0.3) is 0 Å². The highest BCUT2D eigenvalue weighted by atomic mass is 16.4. The lowest BCUT2D eigenvalue weighted by Crippen LogP contribution is -2.27. The Morgan fingerprint density at radius 1 is 1.38 bits per heavy atom. The van der Waals surface area contributed by atoms with Crippen molar-refractivity contribution in [3.8, 4) is 0 Å². The number of rotatable bonds is 3. The van der Waals surface area contributed by atoms with E-state index in [1.165, 1.54) is 0 Å². The number of carboxylic acids is 1. The van der Waals surface area contributed by atoms with Crippen LogP contribution in [0.5, 0.6) is 0 Å². The monoisotopic (exact) mass is 184 g/mol. The molecule has 0 amide bonds. The zero-order chi connectivity index (χ0) is 9.84. The summed E-state index contributed by atoms with van der Waals surface area (Å²) in [6.45, 7) is 0. The molecule has 70 valence electrons. The van der Waals surface area contributed by atoms with E-state index in [1.54, 1.807) is 0 Å². The van der Waals surface area contributed by atoms with E-state index in [2.05, 4.69) is 10.2 Å². The molecule has 0 unspecified atom stereocenters. The van der Waals surface area contributed by atoms with Gasteiger partial charge in [0.2, 0.25) is 5.43 Å². The molecule has 1 heterocycles. The molecule has 3 N–H and O–H groups in total. The number of hydrogen-bond acceptors (Lipinski definition) is 3. The molecule has 0 saturated heterocycles. The fraction of sp³-hybridized carbons (Fsp3) is 0.286. The lowest BCUT2D eigenvalue weighted by molar-refractivity contribution is -0.136. The average molecular weight is 184 g/mol. The minimum atomic E-state index is -0.952. The molecule has 0 atom stereocenters. The van der Waals surface area contributed by atoms with Gasteiger partial charge in [-0.3, -0.25) is 19.5 Å². The van der Waals surface area contributed by atoms with Gasteiger partial charge in [-0.25, -0.2) is 0 Å². The van der Waals surface area contributed by atoms with Gasteiger partial charge in [-0.2, -0.15) is 0 Å². The molecule has 6 heteroatoms. The molecule has 0 bridgehead atoms. The molecule has 0 radical (unpaired) electrons. The Balaban J connectivity index is 2.80. The highest BCUT2D eigenvalue weighted by molar-refractivity contribution is 5.66. The Kier molecular flexibility index (Phi) is 2.63. The molecule has 0 saturated carbocycles.